The van der Waals surface area contributed by atoms with Crippen LogP contribution in [0.1, 0.15) is 46.2 Å². The van der Waals surface area contributed by atoms with Gasteiger partial charge in [0.1, 0.15) is 0 Å². The summed E-state index contributed by atoms with van der Waals surface area (Å²) in [4.78, 5) is 0. The van der Waals surface area contributed by atoms with Crippen LogP contribution in [0.5, 0.6) is 0 Å². The number of rotatable bonds is 3. The van der Waals surface area contributed by atoms with Gasteiger partial charge in [-0.05, 0) is 37.0 Å². The Hall–Kier alpha value is -0.0500. The third-order valence-corrected chi connectivity index (χ3v) is 4.05. The summed E-state index contributed by atoms with van der Waals surface area (Å²) < 4.78 is 1.02. The molecule has 0 aliphatic rings. The van der Waals surface area contributed by atoms with Crippen LogP contribution in [0.3, 0.4) is 0 Å². The summed E-state index contributed by atoms with van der Waals surface area (Å²) in [6.45, 7) is 11.1. The van der Waals surface area contributed by atoms with Crippen LogP contribution < -0.4 is 5.32 Å². The molecule has 3 heteroatoms. The van der Waals surface area contributed by atoms with E-state index in [1.165, 1.54) is 0 Å². The zero-order valence-corrected chi connectivity index (χ0v) is 13.5. The predicted octanol–water partition coefficient (Wildman–Crippen LogP) is 5.19. The van der Waals surface area contributed by atoms with Crippen LogP contribution in [0.2, 0.25) is 5.02 Å². The summed E-state index contributed by atoms with van der Waals surface area (Å²) in [6.07, 6.45) is 0. The van der Waals surface area contributed by atoms with E-state index in [4.69, 9.17) is 11.6 Å². The predicted molar refractivity (Wildman–Crippen MR) is 79.6 cm³/mol. The molecule has 0 saturated carbocycles. The molecule has 2 atom stereocenters. The van der Waals surface area contributed by atoms with Crippen molar-refractivity contribution < 1.29 is 0 Å². The van der Waals surface area contributed by atoms with Crippen molar-refractivity contribution in [3.8, 4) is 0 Å². The van der Waals surface area contributed by atoms with E-state index in [1.807, 2.05) is 12.1 Å². The largest absolute Gasteiger partial charge is 0.307 e. The van der Waals surface area contributed by atoms with E-state index < -0.39 is 0 Å². The number of benzene rings is 1. The van der Waals surface area contributed by atoms with Gasteiger partial charge in [0.15, 0.2) is 0 Å². The van der Waals surface area contributed by atoms with Gasteiger partial charge < -0.3 is 5.32 Å². The highest BCUT2D eigenvalue weighted by Gasteiger charge is 2.22. The fourth-order valence-electron chi connectivity index (χ4n) is 1.57. The molecule has 1 aromatic carbocycles. The third kappa shape index (κ3) is 4.27. The quantitative estimate of drug-likeness (QED) is 0.809. The minimum Gasteiger partial charge on any atom is -0.307 e. The van der Waals surface area contributed by atoms with E-state index in [-0.39, 0.29) is 11.5 Å². The Morgan fingerprint density at radius 1 is 1.24 bits per heavy atom. The minimum absolute atomic E-state index is 0.246. The van der Waals surface area contributed by atoms with E-state index >= 15 is 0 Å². The highest BCUT2D eigenvalue weighted by molar-refractivity contribution is 9.10. The van der Waals surface area contributed by atoms with E-state index in [2.05, 4.69) is 61.9 Å². The first-order valence-electron chi connectivity index (χ1n) is 5.93. The van der Waals surface area contributed by atoms with Crippen molar-refractivity contribution in [3.63, 3.8) is 0 Å². The van der Waals surface area contributed by atoms with Gasteiger partial charge in [0, 0.05) is 21.6 Å². The van der Waals surface area contributed by atoms with Crippen molar-refractivity contribution in [2.45, 2.75) is 46.7 Å². The van der Waals surface area contributed by atoms with Crippen LogP contribution in [0.4, 0.5) is 0 Å². The monoisotopic (exact) mass is 317 g/mol. The summed E-state index contributed by atoms with van der Waals surface area (Å²) in [5.74, 6) is 0. The molecule has 0 bridgehead atoms. The van der Waals surface area contributed by atoms with E-state index in [0.29, 0.717) is 6.04 Å². The average Bonchev–Trinajstić information content (AvgIpc) is 2.15. The van der Waals surface area contributed by atoms with Crippen molar-refractivity contribution in [2.24, 2.45) is 5.41 Å². The molecule has 0 heterocycles. The SMILES string of the molecule is CC(NC(C)C(C)(C)C)c1ccc(Br)cc1Cl. The molecule has 0 aliphatic heterocycles. The van der Waals surface area contributed by atoms with Gasteiger partial charge in [0.05, 0.1) is 0 Å². The molecule has 0 spiro atoms. The molecule has 0 radical (unpaired) electrons. The number of nitrogens with one attached hydrogen (secondary N) is 1. The molecule has 0 aromatic heterocycles. The second-order valence-corrected chi connectivity index (χ2v) is 6.96. The van der Waals surface area contributed by atoms with Crippen molar-refractivity contribution in [1.29, 1.82) is 0 Å². The topological polar surface area (TPSA) is 12.0 Å². The van der Waals surface area contributed by atoms with Crippen molar-refractivity contribution in [2.75, 3.05) is 0 Å². The first-order chi connectivity index (χ1) is 7.71. The molecule has 2 unspecified atom stereocenters. The summed E-state index contributed by atoms with van der Waals surface area (Å²) in [6, 6.07) is 6.72. The van der Waals surface area contributed by atoms with Crippen molar-refractivity contribution >= 4 is 27.5 Å². The smallest absolute Gasteiger partial charge is 0.0464 e. The van der Waals surface area contributed by atoms with Crippen molar-refractivity contribution in [3.05, 3.63) is 33.3 Å². The van der Waals surface area contributed by atoms with Crippen LogP contribution in [0.15, 0.2) is 22.7 Å². The highest BCUT2D eigenvalue weighted by Crippen LogP contribution is 2.28. The number of hydrogen-bond donors (Lipinski definition) is 1. The Labute approximate surface area is 118 Å². The maximum Gasteiger partial charge on any atom is 0.0464 e. The lowest BCUT2D eigenvalue weighted by molar-refractivity contribution is 0.268. The zero-order valence-electron chi connectivity index (χ0n) is 11.1. The molecule has 0 saturated heterocycles. The molecule has 0 amide bonds. The van der Waals surface area contributed by atoms with Crippen molar-refractivity contribution in [1.82, 2.24) is 5.32 Å². The average molecular weight is 319 g/mol. The maximum absolute atomic E-state index is 6.25. The molecule has 17 heavy (non-hydrogen) atoms. The van der Waals surface area contributed by atoms with Gasteiger partial charge in [-0.3, -0.25) is 0 Å². The lowest BCUT2D eigenvalue weighted by Gasteiger charge is -2.31. The van der Waals surface area contributed by atoms with Gasteiger partial charge >= 0.3 is 0 Å². The summed E-state index contributed by atoms with van der Waals surface area (Å²) in [7, 11) is 0. The van der Waals surface area contributed by atoms with Gasteiger partial charge in [0.2, 0.25) is 0 Å². The molecule has 0 aliphatic carbocycles. The first kappa shape index (κ1) is 15.0. The molecular weight excluding hydrogens is 298 g/mol. The normalized spacial score (nSPS) is 15.7. The summed E-state index contributed by atoms with van der Waals surface area (Å²) in [5.41, 5.74) is 1.39. The molecular formula is C14H21BrClN. The second-order valence-electron chi connectivity index (χ2n) is 5.64. The van der Waals surface area contributed by atoms with E-state index in [9.17, 15) is 0 Å². The van der Waals surface area contributed by atoms with Gasteiger partial charge in [-0.25, -0.2) is 0 Å². The zero-order chi connectivity index (χ0) is 13.2. The molecule has 1 nitrogen and oxygen atoms in total. The Balaban J connectivity index is 2.80. The fraction of sp³-hybridized carbons (Fsp3) is 0.571. The van der Waals surface area contributed by atoms with Gasteiger partial charge in [-0.1, -0.05) is 54.4 Å². The second kappa shape index (κ2) is 5.73. The van der Waals surface area contributed by atoms with Crippen LogP contribution in [-0.2, 0) is 0 Å². The summed E-state index contributed by atoms with van der Waals surface area (Å²) in [5, 5.41) is 4.40. The Kier molecular flexibility index (Phi) is 5.06. The van der Waals surface area contributed by atoms with Crippen LogP contribution in [0.25, 0.3) is 0 Å². The minimum atomic E-state index is 0.246. The lowest BCUT2D eigenvalue weighted by atomic mass is 9.87. The van der Waals surface area contributed by atoms with Gasteiger partial charge in [0.25, 0.3) is 0 Å². The first-order valence-corrected chi connectivity index (χ1v) is 7.10. The van der Waals surface area contributed by atoms with Crippen LogP contribution in [0, 0.1) is 5.41 Å². The molecule has 96 valence electrons. The maximum atomic E-state index is 6.25. The van der Waals surface area contributed by atoms with Gasteiger partial charge in [-0.2, -0.15) is 0 Å². The molecule has 1 N–H and O–H groups in total. The summed E-state index contributed by atoms with van der Waals surface area (Å²) >= 11 is 9.68. The molecule has 1 aromatic rings. The fourth-order valence-corrected chi connectivity index (χ4v) is 2.40. The lowest BCUT2D eigenvalue weighted by Crippen LogP contribution is -2.39. The Morgan fingerprint density at radius 2 is 1.82 bits per heavy atom. The molecule has 0 fully saturated rings. The van der Waals surface area contributed by atoms with Gasteiger partial charge in [-0.15, -0.1) is 0 Å². The number of hydrogen-bond acceptors (Lipinski definition) is 1. The van der Waals surface area contributed by atoms with E-state index in [0.717, 1.165) is 15.1 Å². The molecule has 1 rings (SSSR count). The number of halogens is 2. The van der Waals surface area contributed by atoms with Crippen LogP contribution in [-0.4, -0.2) is 6.04 Å². The standard InChI is InChI=1S/C14H21BrClN/c1-9(17-10(2)14(3,4)5)12-7-6-11(15)8-13(12)16/h6-10,17H,1-5H3. The van der Waals surface area contributed by atoms with Crippen LogP contribution >= 0.6 is 27.5 Å². The Bertz CT molecular complexity index is 384. The Morgan fingerprint density at radius 3 is 2.29 bits per heavy atom. The van der Waals surface area contributed by atoms with E-state index in [1.54, 1.807) is 0 Å². The third-order valence-electron chi connectivity index (χ3n) is 3.23. The highest BCUT2D eigenvalue weighted by atomic mass is 79.9.